The van der Waals surface area contributed by atoms with E-state index in [1.807, 2.05) is 55.5 Å². The lowest BCUT2D eigenvalue weighted by molar-refractivity contribution is -0.116. The van der Waals surface area contributed by atoms with Gasteiger partial charge in [-0.3, -0.25) is 14.5 Å². The number of nitrogens with zero attached hydrogens (tertiary/aromatic N) is 1. The number of rotatable bonds is 6. The second-order valence-electron chi connectivity index (χ2n) is 5.66. The molecule has 1 N–H and O–H groups in total. The van der Waals surface area contributed by atoms with E-state index in [0.717, 1.165) is 17.0 Å². The van der Waals surface area contributed by atoms with E-state index < -0.39 is 0 Å². The third-order valence-corrected chi connectivity index (χ3v) is 5.35. The largest absolute Gasteiger partial charge is 0.494 e. The van der Waals surface area contributed by atoms with E-state index in [-0.39, 0.29) is 23.1 Å². The first-order valence-electron chi connectivity index (χ1n) is 8.24. The van der Waals surface area contributed by atoms with Gasteiger partial charge in [-0.05, 0) is 48.9 Å². The van der Waals surface area contributed by atoms with Crippen molar-refractivity contribution >= 4 is 46.6 Å². The summed E-state index contributed by atoms with van der Waals surface area (Å²) in [6, 6.07) is 15.0. The number of halogens is 1. The lowest BCUT2D eigenvalue weighted by Crippen LogP contribution is -2.27. The van der Waals surface area contributed by atoms with Crippen molar-refractivity contribution in [2.45, 2.75) is 12.3 Å². The minimum Gasteiger partial charge on any atom is -0.494 e. The maximum absolute atomic E-state index is 12.4. The fourth-order valence-electron chi connectivity index (χ4n) is 2.74. The Kier molecular flexibility index (Phi) is 6.06. The highest BCUT2D eigenvalue weighted by Gasteiger charge is 2.34. The summed E-state index contributed by atoms with van der Waals surface area (Å²) in [5, 5.41) is 2.61. The molecule has 0 radical (unpaired) electrons. The van der Waals surface area contributed by atoms with E-state index >= 15 is 0 Å². The molecule has 1 atom stereocenters. The van der Waals surface area contributed by atoms with Crippen LogP contribution in [0.15, 0.2) is 48.5 Å². The van der Waals surface area contributed by atoms with Crippen LogP contribution in [0.25, 0.3) is 0 Å². The molecular formula is C19H19ClN2O3S. The van der Waals surface area contributed by atoms with Gasteiger partial charge < -0.3 is 10.1 Å². The first-order valence-corrected chi connectivity index (χ1v) is 9.83. The SMILES string of the molecule is CCOc1ccc(N2C(=O)CS[C@@H]2c2ccc(NC(=O)CCl)cc2)cc1. The number of hydrogen-bond donors (Lipinski definition) is 1. The minimum absolute atomic E-state index is 0.0729. The molecule has 0 bridgehead atoms. The third kappa shape index (κ3) is 4.14. The second-order valence-corrected chi connectivity index (χ2v) is 6.99. The summed E-state index contributed by atoms with van der Waals surface area (Å²) in [5.41, 5.74) is 2.52. The van der Waals surface area contributed by atoms with Gasteiger partial charge in [0.05, 0.1) is 12.4 Å². The fourth-order valence-corrected chi connectivity index (χ4v) is 3.99. The van der Waals surface area contributed by atoms with Crippen molar-refractivity contribution < 1.29 is 14.3 Å². The smallest absolute Gasteiger partial charge is 0.239 e. The molecule has 0 spiro atoms. The Morgan fingerprint density at radius 2 is 1.92 bits per heavy atom. The summed E-state index contributed by atoms with van der Waals surface area (Å²) in [5.74, 6) is 0.957. The lowest BCUT2D eigenvalue weighted by Gasteiger charge is -2.24. The van der Waals surface area contributed by atoms with E-state index in [1.165, 1.54) is 0 Å². The summed E-state index contributed by atoms with van der Waals surface area (Å²) >= 11 is 7.08. The normalized spacial score (nSPS) is 16.6. The van der Waals surface area contributed by atoms with Crippen LogP contribution in [0.4, 0.5) is 11.4 Å². The van der Waals surface area contributed by atoms with E-state index in [2.05, 4.69) is 5.32 Å². The average molecular weight is 391 g/mol. The van der Waals surface area contributed by atoms with Crippen LogP contribution in [0.1, 0.15) is 17.9 Å². The van der Waals surface area contributed by atoms with Crippen molar-refractivity contribution in [1.29, 1.82) is 0 Å². The Morgan fingerprint density at radius 1 is 1.23 bits per heavy atom. The Bertz CT molecular complexity index is 780. The van der Waals surface area contributed by atoms with Crippen LogP contribution in [0, 0.1) is 0 Å². The molecule has 3 rings (SSSR count). The summed E-state index contributed by atoms with van der Waals surface area (Å²) in [4.78, 5) is 25.6. The van der Waals surface area contributed by atoms with Gasteiger partial charge in [0.15, 0.2) is 0 Å². The number of ether oxygens (including phenoxy) is 1. The summed E-state index contributed by atoms with van der Waals surface area (Å²) in [7, 11) is 0. The van der Waals surface area contributed by atoms with Gasteiger partial charge in [0.2, 0.25) is 11.8 Å². The van der Waals surface area contributed by atoms with Crippen molar-refractivity contribution in [2.75, 3.05) is 28.5 Å². The van der Waals surface area contributed by atoms with Crippen molar-refractivity contribution in [3.05, 3.63) is 54.1 Å². The quantitative estimate of drug-likeness (QED) is 0.756. The van der Waals surface area contributed by atoms with Crippen LogP contribution in [0.3, 0.4) is 0 Å². The summed E-state index contributed by atoms with van der Waals surface area (Å²) < 4.78 is 5.46. The predicted molar refractivity (Wildman–Crippen MR) is 106 cm³/mol. The van der Waals surface area contributed by atoms with Crippen molar-refractivity contribution in [1.82, 2.24) is 0 Å². The van der Waals surface area contributed by atoms with E-state index in [4.69, 9.17) is 16.3 Å². The molecule has 1 saturated heterocycles. The molecule has 0 saturated carbocycles. The zero-order valence-electron chi connectivity index (χ0n) is 14.3. The minimum atomic E-state index is -0.249. The summed E-state index contributed by atoms with van der Waals surface area (Å²) in [6.45, 7) is 2.54. The molecule has 2 amide bonds. The van der Waals surface area contributed by atoms with Gasteiger partial charge in [-0.1, -0.05) is 12.1 Å². The highest BCUT2D eigenvalue weighted by Crippen LogP contribution is 2.42. The average Bonchev–Trinajstić information content (AvgIpc) is 3.05. The van der Waals surface area contributed by atoms with Crippen LogP contribution >= 0.6 is 23.4 Å². The Labute approximate surface area is 161 Å². The number of alkyl halides is 1. The molecule has 5 nitrogen and oxygen atoms in total. The molecule has 1 fully saturated rings. The van der Waals surface area contributed by atoms with Gasteiger partial charge in [0.25, 0.3) is 0 Å². The summed E-state index contributed by atoms with van der Waals surface area (Å²) in [6.07, 6.45) is 0. The number of benzene rings is 2. The molecule has 2 aromatic carbocycles. The number of nitrogens with one attached hydrogen (secondary N) is 1. The molecule has 2 aromatic rings. The molecular weight excluding hydrogens is 372 g/mol. The van der Waals surface area contributed by atoms with Gasteiger partial charge in [-0.2, -0.15) is 0 Å². The Balaban J connectivity index is 1.80. The fraction of sp³-hybridized carbons (Fsp3) is 0.263. The number of amides is 2. The highest BCUT2D eigenvalue weighted by molar-refractivity contribution is 8.00. The van der Waals surface area contributed by atoms with Crippen LogP contribution < -0.4 is 15.0 Å². The molecule has 0 unspecified atom stereocenters. The number of carbonyl (C=O) groups is 2. The van der Waals surface area contributed by atoms with Crippen LogP contribution in [0.2, 0.25) is 0 Å². The molecule has 7 heteroatoms. The van der Waals surface area contributed by atoms with Crippen molar-refractivity contribution in [3.8, 4) is 5.75 Å². The topological polar surface area (TPSA) is 58.6 Å². The lowest BCUT2D eigenvalue weighted by atomic mass is 10.1. The zero-order chi connectivity index (χ0) is 18.5. The van der Waals surface area contributed by atoms with Gasteiger partial charge in [-0.15, -0.1) is 23.4 Å². The van der Waals surface area contributed by atoms with Gasteiger partial charge >= 0.3 is 0 Å². The standard InChI is InChI=1S/C19H19ClN2O3S/c1-2-25-16-9-7-15(8-10-16)22-18(24)12-26-19(22)13-3-5-14(6-4-13)21-17(23)11-20/h3-10,19H,2,11-12H2,1H3,(H,21,23)/t19-/m1/s1. The molecule has 1 aliphatic heterocycles. The Morgan fingerprint density at radius 3 is 2.54 bits per heavy atom. The maximum atomic E-state index is 12.4. The number of thioether (sulfide) groups is 1. The monoisotopic (exact) mass is 390 g/mol. The molecule has 0 aliphatic carbocycles. The third-order valence-electron chi connectivity index (χ3n) is 3.89. The Hall–Kier alpha value is -2.18. The first-order chi connectivity index (χ1) is 12.6. The van der Waals surface area contributed by atoms with Crippen LogP contribution in [0.5, 0.6) is 5.75 Å². The van der Waals surface area contributed by atoms with Crippen LogP contribution in [-0.4, -0.2) is 30.1 Å². The second kappa shape index (κ2) is 8.47. The molecule has 1 aliphatic rings. The van der Waals surface area contributed by atoms with Crippen molar-refractivity contribution in [2.24, 2.45) is 0 Å². The first kappa shape index (κ1) is 18.6. The predicted octanol–water partition coefficient (Wildman–Crippen LogP) is 4.04. The number of hydrogen-bond acceptors (Lipinski definition) is 4. The zero-order valence-corrected chi connectivity index (χ0v) is 15.8. The van der Waals surface area contributed by atoms with Crippen molar-refractivity contribution in [3.63, 3.8) is 0 Å². The van der Waals surface area contributed by atoms with Gasteiger partial charge in [0, 0.05) is 11.4 Å². The molecule has 1 heterocycles. The van der Waals surface area contributed by atoms with E-state index in [0.29, 0.717) is 18.0 Å². The van der Waals surface area contributed by atoms with E-state index in [9.17, 15) is 9.59 Å². The number of carbonyl (C=O) groups excluding carboxylic acids is 2. The van der Waals surface area contributed by atoms with E-state index in [1.54, 1.807) is 16.7 Å². The maximum Gasteiger partial charge on any atom is 0.239 e. The highest BCUT2D eigenvalue weighted by atomic mass is 35.5. The van der Waals surface area contributed by atoms with Crippen LogP contribution in [-0.2, 0) is 9.59 Å². The number of anilines is 2. The van der Waals surface area contributed by atoms with Gasteiger partial charge in [0.1, 0.15) is 17.0 Å². The molecule has 26 heavy (non-hydrogen) atoms. The molecule has 136 valence electrons. The molecule has 0 aromatic heterocycles. The van der Waals surface area contributed by atoms with Gasteiger partial charge in [-0.25, -0.2) is 0 Å².